The first kappa shape index (κ1) is 20.8. The summed E-state index contributed by atoms with van der Waals surface area (Å²) in [5.74, 6) is 0.525. The van der Waals surface area contributed by atoms with E-state index in [0.29, 0.717) is 29.4 Å². The summed E-state index contributed by atoms with van der Waals surface area (Å²) in [6.45, 7) is 4.40. The molecule has 3 aromatic heterocycles. The number of rotatable bonds is 6. The van der Waals surface area contributed by atoms with Gasteiger partial charge in [0.2, 0.25) is 0 Å². The van der Waals surface area contributed by atoms with Crippen LogP contribution in [-0.4, -0.2) is 36.4 Å². The molecule has 0 radical (unpaired) electrons. The molecule has 0 aliphatic rings. The van der Waals surface area contributed by atoms with E-state index in [2.05, 4.69) is 25.8 Å². The lowest BCUT2D eigenvalue weighted by molar-refractivity contribution is 0.101. The predicted molar refractivity (Wildman–Crippen MR) is 121 cm³/mol. The van der Waals surface area contributed by atoms with Crippen molar-refractivity contribution in [2.45, 2.75) is 20.4 Å². The molecular formula is C22H22N8O2. The number of carbonyl (C=O) groups excluding carboxylic acids is 2. The van der Waals surface area contributed by atoms with Crippen LogP contribution < -0.4 is 16.4 Å². The number of carbonyl (C=O) groups is 2. The number of aryl methyl sites for hydroxylation is 2. The van der Waals surface area contributed by atoms with Crippen molar-refractivity contribution < 1.29 is 9.59 Å². The number of anilines is 3. The molecule has 0 bridgehead atoms. The van der Waals surface area contributed by atoms with Crippen molar-refractivity contribution >= 4 is 29.1 Å². The minimum Gasteiger partial charge on any atom is -0.383 e. The Bertz CT molecular complexity index is 1280. The molecule has 32 heavy (non-hydrogen) atoms. The van der Waals surface area contributed by atoms with E-state index >= 15 is 0 Å². The van der Waals surface area contributed by atoms with E-state index in [0.717, 1.165) is 5.56 Å². The second-order valence-corrected chi connectivity index (χ2v) is 7.01. The third-order valence-electron chi connectivity index (χ3n) is 4.92. The maximum atomic E-state index is 12.9. The number of aromatic nitrogens is 5. The number of nitrogens with zero attached hydrogens (tertiary/aromatic N) is 5. The van der Waals surface area contributed by atoms with Gasteiger partial charge in [0.25, 0.3) is 11.8 Å². The van der Waals surface area contributed by atoms with Crippen LogP contribution in [0.5, 0.6) is 0 Å². The van der Waals surface area contributed by atoms with E-state index in [1.54, 1.807) is 59.5 Å². The Morgan fingerprint density at radius 3 is 2.62 bits per heavy atom. The molecule has 1 aromatic carbocycles. The number of nitrogens with one attached hydrogen (secondary N) is 2. The second-order valence-electron chi connectivity index (χ2n) is 7.01. The number of nitrogen functional groups attached to an aromatic ring is 1. The van der Waals surface area contributed by atoms with Gasteiger partial charge < -0.3 is 16.4 Å². The van der Waals surface area contributed by atoms with Gasteiger partial charge in [-0.15, -0.1) is 0 Å². The summed E-state index contributed by atoms with van der Waals surface area (Å²) in [6, 6.07) is 12.1. The van der Waals surface area contributed by atoms with E-state index in [1.165, 1.54) is 10.9 Å². The molecule has 4 rings (SSSR count). The molecule has 3 heterocycles. The molecule has 0 atom stereocenters. The van der Waals surface area contributed by atoms with Crippen LogP contribution in [0.4, 0.5) is 17.3 Å². The Hall–Kier alpha value is -4.47. The maximum absolute atomic E-state index is 12.9. The zero-order valence-electron chi connectivity index (χ0n) is 17.6. The van der Waals surface area contributed by atoms with Crippen molar-refractivity contribution in [3.63, 3.8) is 0 Å². The summed E-state index contributed by atoms with van der Waals surface area (Å²) in [4.78, 5) is 29.8. The Balaban J connectivity index is 1.54. The first-order chi connectivity index (χ1) is 15.5. The summed E-state index contributed by atoms with van der Waals surface area (Å²) < 4.78 is 3.07. The van der Waals surface area contributed by atoms with Crippen molar-refractivity contribution in [1.82, 2.24) is 24.5 Å². The highest BCUT2D eigenvalue weighted by Gasteiger charge is 2.18. The first-order valence-corrected chi connectivity index (χ1v) is 9.98. The maximum Gasteiger partial charge on any atom is 0.261 e. The van der Waals surface area contributed by atoms with Crippen molar-refractivity contribution in [2.24, 2.45) is 0 Å². The Morgan fingerprint density at radius 1 is 1.03 bits per heavy atom. The monoisotopic (exact) mass is 430 g/mol. The third-order valence-corrected chi connectivity index (χ3v) is 4.92. The van der Waals surface area contributed by atoms with Crippen LogP contribution in [0.25, 0.3) is 5.82 Å². The molecule has 4 N–H and O–H groups in total. The minimum atomic E-state index is -0.436. The van der Waals surface area contributed by atoms with Crippen LogP contribution in [0.15, 0.2) is 61.1 Å². The lowest BCUT2D eigenvalue weighted by Gasteiger charge is -2.11. The van der Waals surface area contributed by atoms with Crippen LogP contribution in [0, 0.1) is 6.92 Å². The van der Waals surface area contributed by atoms with Crippen LogP contribution in [0.1, 0.15) is 33.2 Å². The van der Waals surface area contributed by atoms with Gasteiger partial charge in [-0.2, -0.15) is 14.9 Å². The Labute approximate surface area is 184 Å². The SMILES string of the molecule is CCn1nccc1NC(=O)c1ccc(C)c(NC(=O)c2cnn(-c3ccccn3)c2N)c1. The molecule has 4 aromatic rings. The largest absolute Gasteiger partial charge is 0.383 e. The van der Waals surface area contributed by atoms with E-state index in [-0.39, 0.29) is 17.3 Å². The topological polar surface area (TPSA) is 133 Å². The number of benzene rings is 1. The van der Waals surface area contributed by atoms with Crippen LogP contribution in [0.3, 0.4) is 0 Å². The summed E-state index contributed by atoms with van der Waals surface area (Å²) >= 11 is 0. The van der Waals surface area contributed by atoms with Crippen molar-refractivity contribution in [2.75, 3.05) is 16.4 Å². The Kier molecular flexibility index (Phi) is 5.67. The highest BCUT2D eigenvalue weighted by atomic mass is 16.2. The van der Waals surface area contributed by atoms with Gasteiger partial charge in [-0.25, -0.2) is 9.67 Å². The molecule has 0 saturated heterocycles. The van der Waals surface area contributed by atoms with Gasteiger partial charge in [-0.1, -0.05) is 12.1 Å². The number of hydrogen-bond acceptors (Lipinski definition) is 6. The quantitative estimate of drug-likeness (QED) is 0.431. The fourth-order valence-electron chi connectivity index (χ4n) is 3.16. The highest BCUT2D eigenvalue weighted by molar-refractivity contribution is 6.09. The molecule has 10 heteroatoms. The molecule has 0 aliphatic carbocycles. The van der Waals surface area contributed by atoms with Gasteiger partial charge >= 0.3 is 0 Å². The lowest BCUT2D eigenvalue weighted by Crippen LogP contribution is -2.17. The van der Waals surface area contributed by atoms with Gasteiger partial charge in [0.1, 0.15) is 17.2 Å². The highest BCUT2D eigenvalue weighted by Crippen LogP contribution is 2.21. The van der Waals surface area contributed by atoms with E-state index in [4.69, 9.17) is 5.73 Å². The molecule has 0 unspecified atom stereocenters. The summed E-state index contributed by atoms with van der Waals surface area (Å²) in [7, 11) is 0. The van der Waals surface area contributed by atoms with Gasteiger partial charge in [-0.05, 0) is 43.7 Å². The number of pyridine rings is 1. The summed E-state index contributed by atoms with van der Waals surface area (Å²) in [5.41, 5.74) is 8.03. The van der Waals surface area contributed by atoms with Crippen LogP contribution in [0.2, 0.25) is 0 Å². The number of amides is 2. The first-order valence-electron chi connectivity index (χ1n) is 9.98. The second kappa shape index (κ2) is 8.72. The number of nitrogens with two attached hydrogens (primary N) is 1. The van der Waals surface area contributed by atoms with Gasteiger partial charge in [0, 0.05) is 30.1 Å². The molecule has 10 nitrogen and oxygen atoms in total. The van der Waals surface area contributed by atoms with Crippen LogP contribution in [-0.2, 0) is 6.54 Å². The fourth-order valence-corrected chi connectivity index (χ4v) is 3.16. The predicted octanol–water partition coefficient (Wildman–Crippen LogP) is 2.88. The van der Waals surface area contributed by atoms with Crippen LogP contribution >= 0.6 is 0 Å². The Morgan fingerprint density at radius 2 is 1.88 bits per heavy atom. The van der Waals surface area contributed by atoms with Crippen molar-refractivity contribution in [3.05, 3.63) is 77.7 Å². The zero-order chi connectivity index (χ0) is 22.7. The summed E-state index contributed by atoms with van der Waals surface area (Å²) in [6.07, 6.45) is 4.62. The molecule has 2 amide bonds. The molecule has 0 spiro atoms. The third kappa shape index (κ3) is 4.06. The molecule has 0 fully saturated rings. The van der Waals surface area contributed by atoms with E-state index in [9.17, 15) is 9.59 Å². The fraction of sp³-hybridized carbons (Fsp3) is 0.136. The van der Waals surface area contributed by atoms with E-state index in [1.807, 2.05) is 13.8 Å². The average molecular weight is 430 g/mol. The molecule has 162 valence electrons. The zero-order valence-corrected chi connectivity index (χ0v) is 17.6. The van der Waals surface area contributed by atoms with E-state index < -0.39 is 5.91 Å². The standard InChI is InChI=1S/C22H22N8O2/c1-3-29-19(9-11-25-29)28-21(31)15-8-7-14(2)17(12-15)27-22(32)16-13-26-30(20(16)23)18-6-4-5-10-24-18/h4-13H,3,23H2,1-2H3,(H,27,32)(H,28,31). The molecule has 0 aliphatic heterocycles. The van der Waals surface area contributed by atoms with Gasteiger partial charge in [0.15, 0.2) is 5.82 Å². The summed E-state index contributed by atoms with van der Waals surface area (Å²) in [5, 5.41) is 14.0. The minimum absolute atomic E-state index is 0.167. The van der Waals surface area contributed by atoms with Gasteiger partial charge in [0.05, 0.1) is 12.4 Å². The lowest BCUT2D eigenvalue weighted by atomic mass is 10.1. The molecule has 0 saturated carbocycles. The average Bonchev–Trinajstić information content (AvgIpc) is 3.41. The molecular weight excluding hydrogens is 408 g/mol. The van der Waals surface area contributed by atoms with Crippen molar-refractivity contribution in [3.8, 4) is 5.82 Å². The smallest absolute Gasteiger partial charge is 0.261 e. The normalized spacial score (nSPS) is 10.7. The number of hydrogen-bond donors (Lipinski definition) is 3. The van der Waals surface area contributed by atoms with Crippen molar-refractivity contribution in [1.29, 1.82) is 0 Å². The van der Waals surface area contributed by atoms with Gasteiger partial charge in [-0.3, -0.25) is 9.59 Å².